The van der Waals surface area contributed by atoms with E-state index in [1.807, 2.05) is 40.7 Å². The normalized spacial score (nSPS) is 15.6. The molecule has 0 radical (unpaired) electrons. The number of carboxylic acids is 1. The smallest absolute Gasteiger partial charge is 0.310 e. The van der Waals surface area contributed by atoms with E-state index in [2.05, 4.69) is 5.32 Å². The highest BCUT2D eigenvalue weighted by atomic mass is 16.4. The highest BCUT2D eigenvalue weighted by Gasteiger charge is 2.39. The first-order valence-electron chi connectivity index (χ1n) is 7.17. The standard InChI is InChI=1S/C16H25NO4/c1-9(2)16(6,15(19)20)8-14(18)17-11(4)13-7-10(3)21-12(13)5/h7,9,11H,8H2,1-6H3,(H,17,18)(H,19,20). The Hall–Kier alpha value is -1.78. The molecule has 1 amide bonds. The van der Waals surface area contributed by atoms with Crippen molar-refractivity contribution in [3.63, 3.8) is 0 Å². The molecule has 2 atom stereocenters. The minimum absolute atomic E-state index is 0.0414. The van der Waals surface area contributed by atoms with E-state index in [1.54, 1.807) is 6.92 Å². The third-order valence-corrected chi connectivity index (χ3v) is 4.21. The van der Waals surface area contributed by atoms with Gasteiger partial charge in [0.1, 0.15) is 11.5 Å². The van der Waals surface area contributed by atoms with Crippen molar-refractivity contribution in [2.75, 3.05) is 0 Å². The SMILES string of the molecule is Cc1cc(C(C)NC(=O)CC(C)(C(=O)O)C(C)C)c(C)o1. The third kappa shape index (κ3) is 3.86. The van der Waals surface area contributed by atoms with Gasteiger partial charge in [-0.3, -0.25) is 9.59 Å². The molecule has 0 bridgehead atoms. The Bertz CT molecular complexity index is 532. The Morgan fingerprint density at radius 1 is 1.33 bits per heavy atom. The van der Waals surface area contributed by atoms with Gasteiger partial charge in [0.2, 0.25) is 5.91 Å². The van der Waals surface area contributed by atoms with Crippen LogP contribution in [0.1, 0.15) is 57.2 Å². The number of aryl methyl sites for hydroxylation is 2. The number of hydrogen-bond donors (Lipinski definition) is 2. The van der Waals surface area contributed by atoms with Gasteiger partial charge in [-0.25, -0.2) is 0 Å². The lowest BCUT2D eigenvalue weighted by atomic mass is 9.76. The van der Waals surface area contributed by atoms with Crippen LogP contribution in [0, 0.1) is 25.2 Å². The first kappa shape index (κ1) is 17.3. The van der Waals surface area contributed by atoms with E-state index in [0.29, 0.717) is 0 Å². The number of carbonyl (C=O) groups is 2. The van der Waals surface area contributed by atoms with Gasteiger partial charge < -0.3 is 14.8 Å². The van der Waals surface area contributed by atoms with Crippen molar-refractivity contribution in [1.29, 1.82) is 0 Å². The molecule has 0 saturated carbocycles. The summed E-state index contributed by atoms with van der Waals surface area (Å²) in [5.41, 5.74) is -0.145. The first-order valence-corrected chi connectivity index (χ1v) is 7.17. The topological polar surface area (TPSA) is 79.5 Å². The number of hydrogen-bond acceptors (Lipinski definition) is 3. The number of rotatable bonds is 6. The Morgan fingerprint density at radius 2 is 1.90 bits per heavy atom. The second-order valence-corrected chi connectivity index (χ2v) is 6.21. The minimum Gasteiger partial charge on any atom is -0.481 e. The monoisotopic (exact) mass is 295 g/mol. The predicted octanol–water partition coefficient (Wildman–Crippen LogP) is 3.21. The molecule has 0 fully saturated rings. The van der Waals surface area contributed by atoms with Crippen molar-refractivity contribution < 1.29 is 19.1 Å². The fourth-order valence-electron chi connectivity index (χ4n) is 2.31. The maximum atomic E-state index is 12.2. The van der Waals surface area contributed by atoms with Crippen molar-refractivity contribution in [2.24, 2.45) is 11.3 Å². The summed E-state index contributed by atoms with van der Waals surface area (Å²) in [4.78, 5) is 23.6. The molecule has 1 rings (SSSR count). The molecule has 1 aromatic heterocycles. The molecule has 0 spiro atoms. The Kier molecular flexibility index (Phi) is 5.20. The van der Waals surface area contributed by atoms with E-state index in [9.17, 15) is 14.7 Å². The number of carboxylic acid groups (broad SMARTS) is 1. The van der Waals surface area contributed by atoms with Crippen LogP contribution in [0.15, 0.2) is 10.5 Å². The number of nitrogens with one attached hydrogen (secondary N) is 1. The lowest BCUT2D eigenvalue weighted by molar-refractivity contribution is -0.153. The van der Waals surface area contributed by atoms with Gasteiger partial charge in [0.05, 0.1) is 11.5 Å². The molecule has 118 valence electrons. The van der Waals surface area contributed by atoms with Gasteiger partial charge in [0.25, 0.3) is 0 Å². The van der Waals surface area contributed by atoms with E-state index in [1.165, 1.54) is 0 Å². The van der Waals surface area contributed by atoms with Crippen LogP contribution in [0.3, 0.4) is 0 Å². The molecule has 2 N–H and O–H groups in total. The van der Waals surface area contributed by atoms with Crippen LogP contribution >= 0.6 is 0 Å². The fourth-order valence-corrected chi connectivity index (χ4v) is 2.31. The lowest BCUT2D eigenvalue weighted by Crippen LogP contribution is -2.39. The summed E-state index contributed by atoms with van der Waals surface area (Å²) in [5, 5.41) is 12.2. The average molecular weight is 295 g/mol. The van der Waals surface area contributed by atoms with Gasteiger partial charge in [0.15, 0.2) is 0 Å². The molecule has 2 unspecified atom stereocenters. The molecule has 5 heteroatoms. The zero-order valence-corrected chi connectivity index (χ0v) is 13.6. The third-order valence-electron chi connectivity index (χ3n) is 4.21. The average Bonchev–Trinajstić information content (AvgIpc) is 2.67. The number of carbonyl (C=O) groups excluding carboxylic acids is 1. The van der Waals surface area contributed by atoms with Crippen molar-refractivity contribution in [3.8, 4) is 0 Å². The van der Waals surface area contributed by atoms with Crippen molar-refractivity contribution >= 4 is 11.9 Å². The molecule has 21 heavy (non-hydrogen) atoms. The quantitative estimate of drug-likeness (QED) is 0.844. The molecule has 0 aromatic carbocycles. The van der Waals surface area contributed by atoms with Crippen molar-refractivity contribution in [2.45, 2.75) is 54.0 Å². The number of furan rings is 1. The van der Waals surface area contributed by atoms with E-state index in [4.69, 9.17) is 4.42 Å². The number of amides is 1. The summed E-state index contributed by atoms with van der Waals surface area (Å²) in [7, 11) is 0. The molecule has 5 nitrogen and oxygen atoms in total. The highest BCUT2D eigenvalue weighted by Crippen LogP contribution is 2.31. The zero-order valence-electron chi connectivity index (χ0n) is 13.6. The largest absolute Gasteiger partial charge is 0.481 e. The predicted molar refractivity (Wildman–Crippen MR) is 79.9 cm³/mol. The van der Waals surface area contributed by atoms with Crippen LogP contribution in [0.4, 0.5) is 0 Å². The molecule has 0 saturated heterocycles. The molecular formula is C16H25NO4. The maximum Gasteiger partial charge on any atom is 0.310 e. The summed E-state index contributed by atoms with van der Waals surface area (Å²) >= 11 is 0. The van der Waals surface area contributed by atoms with Gasteiger partial charge in [-0.15, -0.1) is 0 Å². The lowest BCUT2D eigenvalue weighted by Gasteiger charge is -2.29. The van der Waals surface area contributed by atoms with Crippen LogP contribution < -0.4 is 5.32 Å². The molecule has 1 heterocycles. The van der Waals surface area contributed by atoms with Gasteiger partial charge in [0, 0.05) is 12.0 Å². The summed E-state index contributed by atoms with van der Waals surface area (Å²) < 4.78 is 5.45. The van der Waals surface area contributed by atoms with Gasteiger partial charge in [-0.05, 0) is 39.7 Å². The summed E-state index contributed by atoms with van der Waals surface area (Å²) in [5.74, 6) is 0.218. The fraction of sp³-hybridized carbons (Fsp3) is 0.625. The van der Waals surface area contributed by atoms with Crippen molar-refractivity contribution in [1.82, 2.24) is 5.32 Å². The molecule has 1 aromatic rings. The highest BCUT2D eigenvalue weighted by molar-refractivity contribution is 5.85. The minimum atomic E-state index is -1.06. The van der Waals surface area contributed by atoms with Crippen LogP contribution in [-0.4, -0.2) is 17.0 Å². The summed E-state index contributed by atoms with van der Waals surface area (Å²) in [6.07, 6.45) is -0.0414. The molecule has 0 aliphatic carbocycles. The Morgan fingerprint density at radius 3 is 2.29 bits per heavy atom. The summed E-state index contributed by atoms with van der Waals surface area (Å²) in [6.45, 7) is 10.8. The molecular weight excluding hydrogens is 270 g/mol. The molecule has 0 aliphatic rings. The van der Waals surface area contributed by atoms with Crippen molar-refractivity contribution in [3.05, 3.63) is 23.2 Å². The second kappa shape index (κ2) is 6.33. The Balaban J connectivity index is 2.77. The van der Waals surface area contributed by atoms with Crippen LogP contribution in [0.2, 0.25) is 0 Å². The van der Waals surface area contributed by atoms with Gasteiger partial charge in [-0.1, -0.05) is 13.8 Å². The van der Waals surface area contributed by atoms with Gasteiger partial charge >= 0.3 is 5.97 Å². The zero-order chi connectivity index (χ0) is 16.4. The second-order valence-electron chi connectivity index (χ2n) is 6.21. The van der Waals surface area contributed by atoms with E-state index in [0.717, 1.165) is 17.1 Å². The van der Waals surface area contributed by atoms with Crippen LogP contribution in [0.25, 0.3) is 0 Å². The maximum absolute atomic E-state index is 12.2. The molecule has 0 aliphatic heterocycles. The first-order chi connectivity index (χ1) is 9.57. The van der Waals surface area contributed by atoms with E-state index >= 15 is 0 Å². The Labute approximate surface area is 125 Å². The number of aliphatic carboxylic acids is 1. The van der Waals surface area contributed by atoms with E-state index < -0.39 is 11.4 Å². The van der Waals surface area contributed by atoms with Crippen LogP contribution in [-0.2, 0) is 9.59 Å². The van der Waals surface area contributed by atoms with Crippen LogP contribution in [0.5, 0.6) is 0 Å². The summed E-state index contributed by atoms with van der Waals surface area (Å²) in [6, 6.07) is 1.68. The van der Waals surface area contributed by atoms with E-state index in [-0.39, 0.29) is 24.3 Å². The van der Waals surface area contributed by atoms with Gasteiger partial charge in [-0.2, -0.15) is 0 Å².